The number of carbonyl (C=O) groups is 2. The molecule has 0 saturated carbocycles. The third-order valence-electron chi connectivity index (χ3n) is 5.63. The lowest BCUT2D eigenvalue weighted by Gasteiger charge is -2.28. The molecule has 2 heterocycles. The van der Waals surface area contributed by atoms with Crippen molar-refractivity contribution in [2.45, 2.75) is 32.2 Å². The molecule has 2 aromatic carbocycles. The predicted molar refractivity (Wildman–Crippen MR) is 102 cm³/mol. The molecule has 2 unspecified atom stereocenters. The molecule has 2 saturated heterocycles. The summed E-state index contributed by atoms with van der Waals surface area (Å²) in [6.45, 7) is 2.84. The molecule has 2 atom stereocenters. The highest BCUT2D eigenvalue weighted by molar-refractivity contribution is 6.00. The lowest BCUT2D eigenvalue weighted by molar-refractivity contribution is -0.136. The number of amides is 2. The monoisotopic (exact) mass is 384 g/mol. The third kappa shape index (κ3) is 3.51. The van der Waals surface area contributed by atoms with Crippen LogP contribution >= 0.6 is 0 Å². The Kier molecular flexibility index (Phi) is 4.87. The Morgan fingerprint density at radius 3 is 2.43 bits per heavy atom. The van der Waals surface area contributed by atoms with Gasteiger partial charge in [0.1, 0.15) is 11.6 Å². The van der Waals surface area contributed by atoms with Gasteiger partial charge in [-0.1, -0.05) is 29.8 Å². The fraction of sp³-hybridized carbons (Fsp3) is 0.364. The van der Waals surface area contributed by atoms with Crippen molar-refractivity contribution in [1.82, 2.24) is 4.90 Å². The molecule has 2 amide bonds. The van der Waals surface area contributed by atoms with Crippen LogP contribution in [0, 0.1) is 24.5 Å². The maximum Gasteiger partial charge on any atom is 0.228 e. The molecule has 2 fully saturated rings. The van der Waals surface area contributed by atoms with Gasteiger partial charge in [-0.3, -0.25) is 9.59 Å². The van der Waals surface area contributed by atoms with Crippen molar-refractivity contribution in [3.8, 4) is 0 Å². The molecular weight excluding hydrogens is 362 g/mol. The van der Waals surface area contributed by atoms with Gasteiger partial charge in [0.05, 0.1) is 12.0 Å². The van der Waals surface area contributed by atoms with Crippen LogP contribution in [0.4, 0.5) is 14.5 Å². The molecule has 6 heteroatoms. The number of hydrogen-bond acceptors (Lipinski definition) is 2. The van der Waals surface area contributed by atoms with E-state index in [-0.39, 0.29) is 36.5 Å². The summed E-state index contributed by atoms with van der Waals surface area (Å²) in [6.07, 6.45) is 1.88. The number of benzene rings is 2. The van der Waals surface area contributed by atoms with Crippen molar-refractivity contribution in [2.75, 3.05) is 18.0 Å². The first-order chi connectivity index (χ1) is 13.4. The fourth-order valence-electron chi connectivity index (χ4n) is 4.22. The summed E-state index contributed by atoms with van der Waals surface area (Å²) in [5.41, 5.74) is 2.43. The summed E-state index contributed by atoms with van der Waals surface area (Å²) in [5, 5.41) is 0. The van der Waals surface area contributed by atoms with E-state index in [1.54, 1.807) is 0 Å². The summed E-state index contributed by atoms with van der Waals surface area (Å²) < 4.78 is 27.0. The molecule has 0 bridgehead atoms. The molecular formula is C22H22F2N2O2. The summed E-state index contributed by atoms with van der Waals surface area (Å²) in [7, 11) is 0. The maximum atomic E-state index is 13.5. The average Bonchev–Trinajstić information content (AvgIpc) is 3.28. The summed E-state index contributed by atoms with van der Waals surface area (Å²) in [4.78, 5) is 28.8. The van der Waals surface area contributed by atoms with Crippen LogP contribution in [-0.2, 0) is 9.59 Å². The largest absolute Gasteiger partial charge is 0.335 e. The Bertz CT molecular complexity index is 893. The van der Waals surface area contributed by atoms with Crippen LogP contribution in [0.2, 0.25) is 0 Å². The van der Waals surface area contributed by atoms with Crippen molar-refractivity contribution >= 4 is 17.5 Å². The van der Waals surface area contributed by atoms with Gasteiger partial charge >= 0.3 is 0 Å². The number of anilines is 1. The molecule has 2 aromatic rings. The molecule has 28 heavy (non-hydrogen) atoms. The highest BCUT2D eigenvalue weighted by Gasteiger charge is 2.40. The van der Waals surface area contributed by atoms with Crippen molar-refractivity contribution < 1.29 is 18.4 Å². The number of halogens is 2. The number of hydrogen-bond donors (Lipinski definition) is 0. The normalized spacial score (nSPS) is 22.2. The van der Waals surface area contributed by atoms with Gasteiger partial charge in [-0.15, -0.1) is 0 Å². The molecule has 0 aromatic heterocycles. The van der Waals surface area contributed by atoms with Crippen molar-refractivity contribution in [3.63, 3.8) is 0 Å². The van der Waals surface area contributed by atoms with Gasteiger partial charge < -0.3 is 9.80 Å². The first-order valence-corrected chi connectivity index (χ1v) is 9.56. The van der Waals surface area contributed by atoms with Gasteiger partial charge in [0.2, 0.25) is 11.8 Å². The van der Waals surface area contributed by atoms with Crippen molar-refractivity contribution in [1.29, 1.82) is 0 Å². The number of rotatable bonds is 3. The Balaban J connectivity index is 1.52. The summed E-state index contributed by atoms with van der Waals surface area (Å²) in [5.74, 6) is -2.32. The van der Waals surface area contributed by atoms with E-state index in [9.17, 15) is 18.4 Å². The van der Waals surface area contributed by atoms with E-state index < -0.39 is 17.6 Å². The second kappa shape index (κ2) is 7.34. The lowest BCUT2D eigenvalue weighted by atomic mass is 10.0. The van der Waals surface area contributed by atoms with Gasteiger partial charge in [0, 0.05) is 31.3 Å². The fourth-order valence-corrected chi connectivity index (χ4v) is 4.22. The minimum atomic E-state index is -0.739. The Morgan fingerprint density at radius 2 is 1.75 bits per heavy atom. The molecule has 0 radical (unpaired) electrons. The predicted octanol–water partition coefficient (Wildman–Crippen LogP) is 3.99. The Hall–Kier alpha value is -2.76. The molecule has 146 valence electrons. The lowest BCUT2D eigenvalue weighted by Crippen LogP contribution is -2.37. The first-order valence-electron chi connectivity index (χ1n) is 9.56. The molecule has 0 spiro atoms. The minimum Gasteiger partial charge on any atom is -0.335 e. The van der Waals surface area contributed by atoms with E-state index in [2.05, 4.69) is 0 Å². The van der Waals surface area contributed by atoms with Crippen molar-refractivity contribution in [3.05, 3.63) is 65.2 Å². The van der Waals surface area contributed by atoms with E-state index in [0.717, 1.165) is 36.6 Å². The van der Waals surface area contributed by atoms with Crippen LogP contribution in [0.15, 0.2) is 42.5 Å². The molecule has 0 aliphatic carbocycles. The standard InChI is InChI=1S/C22H22F2N2O2/c1-14-4-6-15(7-5-14)20-3-2-8-25(20)22(28)16-9-21(27)26(13-16)19-11-17(23)10-18(24)12-19/h4-7,10-12,16,20H,2-3,8-9,13H2,1H3. The van der Waals surface area contributed by atoms with E-state index in [0.29, 0.717) is 6.54 Å². The zero-order valence-electron chi connectivity index (χ0n) is 15.7. The highest BCUT2D eigenvalue weighted by Crippen LogP contribution is 2.35. The van der Waals surface area contributed by atoms with Crippen LogP contribution in [0.1, 0.15) is 36.4 Å². The van der Waals surface area contributed by atoms with Gasteiger partial charge in [-0.25, -0.2) is 8.78 Å². The van der Waals surface area contributed by atoms with Gasteiger partial charge in [0.15, 0.2) is 0 Å². The quantitative estimate of drug-likeness (QED) is 0.803. The molecule has 2 aliphatic rings. The second-order valence-corrected chi connectivity index (χ2v) is 7.63. The molecule has 2 aliphatic heterocycles. The minimum absolute atomic E-state index is 0.0175. The Morgan fingerprint density at radius 1 is 1.07 bits per heavy atom. The second-order valence-electron chi connectivity index (χ2n) is 7.63. The van der Waals surface area contributed by atoms with Gasteiger partial charge in [0.25, 0.3) is 0 Å². The zero-order chi connectivity index (χ0) is 19.8. The number of likely N-dealkylation sites (tertiary alicyclic amines) is 1. The van der Waals surface area contributed by atoms with Crippen LogP contribution < -0.4 is 4.90 Å². The van der Waals surface area contributed by atoms with E-state index in [4.69, 9.17) is 0 Å². The number of carbonyl (C=O) groups excluding carboxylic acids is 2. The number of aryl methyl sites for hydroxylation is 1. The average molecular weight is 384 g/mol. The SMILES string of the molecule is Cc1ccc(C2CCCN2C(=O)C2CC(=O)N(c3cc(F)cc(F)c3)C2)cc1. The third-order valence-corrected chi connectivity index (χ3v) is 5.63. The van der Waals surface area contributed by atoms with E-state index in [1.807, 2.05) is 36.1 Å². The van der Waals surface area contributed by atoms with Crippen molar-refractivity contribution in [2.24, 2.45) is 5.92 Å². The Labute approximate surface area is 162 Å². The summed E-state index contributed by atoms with van der Waals surface area (Å²) in [6, 6.07) is 11.2. The summed E-state index contributed by atoms with van der Waals surface area (Å²) >= 11 is 0. The molecule has 0 N–H and O–H groups in total. The van der Waals surface area contributed by atoms with E-state index >= 15 is 0 Å². The zero-order valence-corrected chi connectivity index (χ0v) is 15.7. The van der Waals surface area contributed by atoms with E-state index in [1.165, 1.54) is 10.5 Å². The van der Waals surface area contributed by atoms with Crippen LogP contribution in [0.5, 0.6) is 0 Å². The van der Waals surface area contributed by atoms with Gasteiger partial charge in [-0.2, -0.15) is 0 Å². The van der Waals surface area contributed by atoms with Crippen LogP contribution in [-0.4, -0.2) is 29.8 Å². The highest BCUT2D eigenvalue weighted by atomic mass is 19.1. The van der Waals surface area contributed by atoms with Crippen LogP contribution in [0.3, 0.4) is 0 Å². The topological polar surface area (TPSA) is 40.6 Å². The first kappa shape index (κ1) is 18.6. The smallest absolute Gasteiger partial charge is 0.228 e. The van der Waals surface area contributed by atoms with Crippen LogP contribution in [0.25, 0.3) is 0 Å². The number of nitrogens with zero attached hydrogens (tertiary/aromatic N) is 2. The molecule has 4 nitrogen and oxygen atoms in total. The maximum absolute atomic E-state index is 13.5. The molecule has 4 rings (SSSR count). The van der Waals surface area contributed by atoms with Gasteiger partial charge in [-0.05, 0) is 37.5 Å².